The van der Waals surface area contributed by atoms with Gasteiger partial charge in [0.05, 0.1) is 12.2 Å². The van der Waals surface area contributed by atoms with Crippen molar-refractivity contribution < 1.29 is 15.3 Å². The molecule has 80 valence electrons. The molecule has 0 aliphatic rings. The second-order valence-corrected chi connectivity index (χ2v) is 3.67. The van der Waals surface area contributed by atoms with Gasteiger partial charge in [0.25, 0.3) is 0 Å². The molecule has 0 aliphatic carbocycles. The zero-order valence-corrected chi connectivity index (χ0v) is 8.45. The highest BCUT2D eigenvalue weighted by Crippen LogP contribution is 2.09. The normalized spacial score (nSPS) is 15.7. The van der Waals surface area contributed by atoms with E-state index in [1.165, 1.54) is 0 Å². The number of hydrogen-bond acceptors (Lipinski definition) is 3. The lowest BCUT2D eigenvalue weighted by atomic mass is 10.1. The highest BCUT2D eigenvalue weighted by molar-refractivity contribution is 4.59. The van der Waals surface area contributed by atoms with E-state index in [9.17, 15) is 5.11 Å². The van der Waals surface area contributed by atoms with Crippen molar-refractivity contribution >= 4 is 0 Å². The first-order chi connectivity index (χ1) is 6.16. The van der Waals surface area contributed by atoms with E-state index < -0.39 is 6.10 Å². The summed E-state index contributed by atoms with van der Waals surface area (Å²) in [4.78, 5) is 0. The van der Waals surface area contributed by atoms with Gasteiger partial charge in [-0.2, -0.15) is 0 Å². The van der Waals surface area contributed by atoms with E-state index >= 15 is 0 Å². The van der Waals surface area contributed by atoms with Crippen molar-refractivity contribution in [3.05, 3.63) is 0 Å². The van der Waals surface area contributed by atoms with Gasteiger partial charge in [0.1, 0.15) is 0 Å². The van der Waals surface area contributed by atoms with E-state index in [0.29, 0.717) is 6.42 Å². The molecule has 13 heavy (non-hydrogen) atoms. The second kappa shape index (κ2) is 8.48. The molecule has 0 aliphatic heterocycles. The Morgan fingerprint density at radius 1 is 1.00 bits per heavy atom. The molecule has 2 unspecified atom stereocenters. The predicted octanol–water partition coefficient (Wildman–Crippen LogP) is 1.06. The van der Waals surface area contributed by atoms with Gasteiger partial charge in [-0.25, -0.2) is 0 Å². The van der Waals surface area contributed by atoms with Gasteiger partial charge < -0.3 is 15.3 Å². The SMILES string of the molecule is CC(O)CC(O)CCCCCCO. The summed E-state index contributed by atoms with van der Waals surface area (Å²) in [6.45, 7) is 1.95. The molecule has 0 saturated heterocycles. The van der Waals surface area contributed by atoms with Gasteiger partial charge in [-0.05, 0) is 26.2 Å². The molecule has 0 spiro atoms. The van der Waals surface area contributed by atoms with Crippen molar-refractivity contribution in [2.24, 2.45) is 0 Å². The third-order valence-electron chi connectivity index (χ3n) is 2.06. The zero-order valence-electron chi connectivity index (χ0n) is 8.45. The van der Waals surface area contributed by atoms with Crippen molar-refractivity contribution in [2.45, 2.75) is 57.7 Å². The lowest BCUT2D eigenvalue weighted by molar-refractivity contribution is 0.0833. The Hall–Kier alpha value is -0.120. The van der Waals surface area contributed by atoms with Crippen LogP contribution in [0.3, 0.4) is 0 Å². The van der Waals surface area contributed by atoms with Crippen molar-refractivity contribution in [3.8, 4) is 0 Å². The Bertz CT molecular complexity index is 104. The van der Waals surface area contributed by atoms with Crippen LogP contribution in [0.5, 0.6) is 0 Å². The summed E-state index contributed by atoms with van der Waals surface area (Å²) in [6.07, 6.45) is 4.37. The van der Waals surface area contributed by atoms with Crippen LogP contribution in [-0.2, 0) is 0 Å². The number of unbranched alkanes of at least 4 members (excludes halogenated alkanes) is 3. The van der Waals surface area contributed by atoms with E-state index in [1.54, 1.807) is 6.92 Å². The fourth-order valence-corrected chi connectivity index (χ4v) is 1.36. The fraction of sp³-hybridized carbons (Fsp3) is 1.00. The van der Waals surface area contributed by atoms with Gasteiger partial charge in [-0.15, -0.1) is 0 Å². The molecule has 0 amide bonds. The van der Waals surface area contributed by atoms with Gasteiger partial charge in [0.15, 0.2) is 0 Å². The monoisotopic (exact) mass is 190 g/mol. The summed E-state index contributed by atoms with van der Waals surface area (Å²) in [5.74, 6) is 0. The van der Waals surface area contributed by atoms with E-state index in [1.807, 2.05) is 0 Å². The average molecular weight is 190 g/mol. The summed E-state index contributed by atoms with van der Waals surface area (Å²) in [5.41, 5.74) is 0. The highest BCUT2D eigenvalue weighted by Gasteiger charge is 2.06. The minimum Gasteiger partial charge on any atom is -0.396 e. The van der Waals surface area contributed by atoms with E-state index in [-0.39, 0.29) is 12.7 Å². The van der Waals surface area contributed by atoms with Crippen LogP contribution >= 0.6 is 0 Å². The van der Waals surface area contributed by atoms with Crippen LogP contribution in [0.4, 0.5) is 0 Å². The summed E-state index contributed by atoms with van der Waals surface area (Å²) in [5, 5.41) is 26.8. The molecule has 3 N–H and O–H groups in total. The van der Waals surface area contributed by atoms with Crippen LogP contribution in [0.2, 0.25) is 0 Å². The summed E-state index contributed by atoms with van der Waals surface area (Å²) in [7, 11) is 0. The van der Waals surface area contributed by atoms with Gasteiger partial charge in [0, 0.05) is 6.61 Å². The molecule has 0 aromatic carbocycles. The van der Waals surface area contributed by atoms with Crippen LogP contribution in [0.1, 0.15) is 45.4 Å². The molecule has 3 nitrogen and oxygen atoms in total. The molecular weight excluding hydrogens is 168 g/mol. The Kier molecular flexibility index (Phi) is 8.40. The van der Waals surface area contributed by atoms with Gasteiger partial charge in [-0.3, -0.25) is 0 Å². The average Bonchev–Trinajstić information content (AvgIpc) is 2.02. The third-order valence-corrected chi connectivity index (χ3v) is 2.06. The molecule has 0 radical (unpaired) electrons. The van der Waals surface area contributed by atoms with Crippen molar-refractivity contribution in [1.29, 1.82) is 0 Å². The third kappa shape index (κ3) is 9.80. The molecule has 3 heteroatoms. The van der Waals surface area contributed by atoms with Gasteiger partial charge in [-0.1, -0.05) is 19.3 Å². The first-order valence-corrected chi connectivity index (χ1v) is 5.13. The highest BCUT2D eigenvalue weighted by atomic mass is 16.3. The molecule has 0 saturated carbocycles. The predicted molar refractivity (Wildman–Crippen MR) is 52.5 cm³/mol. The minimum absolute atomic E-state index is 0.260. The lowest BCUT2D eigenvalue weighted by Crippen LogP contribution is -2.14. The Balaban J connectivity index is 3.12. The number of aliphatic hydroxyl groups excluding tert-OH is 3. The largest absolute Gasteiger partial charge is 0.396 e. The van der Waals surface area contributed by atoms with Crippen LogP contribution < -0.4 is 0 Å². The van der Waals surface area contributed by atoms with Gasteiger partial charge >= 0.3 is 0 Å². The summed E-state index contributed by atoms with van der Waals surface area (Å²) >= 11 is 0. The fourth-order valence-electron chi connectivity index (χ4n) is 1.36. The Labute approximate surface area is 80.4 Å². The molecular formula is C10H22O3. The van der Waals surface area contributed by atoms with Crippen molar-refractivity contribution in [2.75, 3.05) is 6.61 Å². The maximum Gasteiger partial charge on any atom is 0.0564 e. The zero-order chi connectivity index (χ0) is 10.1. The molecule has 0 rings (SSSR count). The number of rotatable bonds is 8. The maximum atomic E-state index is 9.37. The minimum atomic E-state index is -0.410. The first-order valence-electron chi connectivity index (χ1n) is 5.13. The van der Waals surface area contributed by atoms with E-state index in [0.717, 1.165) is 32.1 Å². The smallest absolute Gasteiger partial charge is 0.0564 e. The second-order valence-electron chi connectivity index (χ2n) is 3.67. The molecule has 0 bridgehead atoms. The lowest BCUT2D eigenvalue weighted by Gasteiger charge is -2.11. The maximum absolute atomic E-state index is 9.37. The summed E-state index contributed by atoms with van der Waals surface area (Å²) < 4.78 is 0. The van der Waals surface area contributed by atoms with Gasteiger partial charge in [0.2, 0.25) is 0 Å². The van der Waals surface area contributed by atoms with E-state index in [4.69, 9.17) is 10.2 Å². The summed E-state index contributed by atoms with van der Waals surface area (Å²) in [6, 6.07) is 0. The van der Waals surface area contributed by atoms with Crippen LogP contribution in [-0.4, -0.2) is 34.1 Å². The topological polar surface area (TPSA) is 60.7 Å². The Morgan fingerprint density at radius 2 is 1.62 bits per heavy atom. The number of aliphatic hydroxyl groups is 3. The van der Waals surface area contributed by atoms with E-state index in [2.05, 4.69) is 0 Å². The van der Waals surface area contributed by atoms with Crippen molar-refractivity contribution in [1.82, 2.24) is 0 Å². The van der Waals surface area contributed by atoms with Crippen molar-refractivity contribution in [3.63, 3.8) is 0 Å². The van der Waals surface area contributed by atoms with Crippen LogP contribution in [0.25, 0.3) is 0 Å². The molecule has 0 heterocycles. The molecule has 2 atom stereocenters. The molecule has 0 aromatic rings. The van der Waals surface area contributed by atoms with Crippen LogP contribution in [0.15, 0.2) is 0 Å². The standard InChI is InChI=1S/C10H22O3/c1-9(12)8-10(13)6-4-2-3-5-7-11/h9-13H,2-8H2,1H3. The number of hydrogen-bond donors (Lipinski definition) is 3. The molecule has 0 aromatic heterocycles. The van der Waals surface area contributed by atoms with Crippen LogP contribution in [0, 0.1) is 0 Å². The molecule has 0 fully saturated rings. The Morgan fingerprint density at radius 3 is 2.15 bits per heavy atom. The first kappa shape index (κ1) is 12.9. The quantitative estimate of drug-likeness (QED) is 0.502.